The van der Waals surface area contributed by atoms with Crippen LogP contribution in [0.25, 0.3) is 0 Å². The maximum Gasteiger partial charge on any atom is 0.416 e. The number of anilines is 1. The average molecular weight is 405 g/mol. The third-order valence-electron chi connectivity index (χ3n) is 3.81. The van der Waals surface area contributed by atoms with Gasteiger partial charge in [0.2, 0.25) is 5.95 Å². The molecule has 146 valence electrons. The zero-order chi connectivity index (χ0) is 20.2. The molecule has 1 aromatic carbocycles. The molecule has 5 nitrogen and oxygen atoms in total. The van der Waals surface area contributed by atoms with Gasteiger partial charge in [-0.15, -0.1) is 0 Å². The number of hydrogen-bond acceptors (Lipinski definition) is 4. The van der Waals surface area contributed by atoms with Crippen LogP contribution in [0.3, 0.4) is 0 Å². The van der Waals surface area contributed by atoms with Crippen molar-refractivity contribution in [1.82, 2.24) is 15.3 Å². The second-order valence-corrected chi connectivity index (χ2v) is 5.93. The van der Waals surface area contributed by atoms with Gasteiger partial charge in [0, 0.05) is 19.6 Å². The molecule has 0 aliphatic carbocycles. The number of aromatic nitrogens is 2. The Morgan fingerprint density at radius 3 is 2.52 bits per heavy atom. The molecular weight excluding hydrogens is 388 g/mol. The van der Waals surface area contributed by atoms with E-state index in [1.165, 1.54) is 6.20 Å². The number of nitrogens with zero attached hydrogens (tertiary/aromatic N) is 3. The Bertz CT molecular complexity index is 825. The van der Waals surface area contributed by atoms with Gasteiger partial charge < -0.3 is 10.2 Å². The number of rotatable bonds is 6. The summed E-state index contributed by atoms with van der Waals surface area (Å²) >= 11 is 5.95. The fourth-order valence-corrected chi connectivity index (χ4v) is 2.58. The van der Waals surface area contributed by atoms with Crippen LogP contribution < -0.4 is 10.2 Å². The Morgan fingerprint density at radius 2 is 1.93 bits per heavy atom. The predicted molar refractivity (Wildman–Crippen MR) is 93.2 cm³/mol. The molecule has 0 unspecified atom stereocenters. The van der Waals surface area contributed by atoms with E-state index in [4.69, 9.17) is 11.6 Å². The summed E-state index contributed by atoms with van der Waals surface area (Å²) in [4.78, 5) is 22.3. The minimum Gasteiger partial charge on any atom is -0.347 e. The van der Waals surface area contributed by atoms with Gasteiger partial charge in [0.15, 0.2) is 5.69 Å². The SMILES string of the molecule is CCN(CC)c1ncc(Cl)c(C(=O)NCc2ccc(F)cc2C(F)(F)F)n1. The molecule has 10 heteroatoms. The molecule has 2 rings (SSSR count). The molecule has 1 heterocycles. The maximum atomic E-state index is 13.2. The van der Waals surface area contributed by atoms with Gasteiger partial charge in [-0.2, -0.15) is 13.2 Å². The Kier molecular flexibility index (Phi) is 6.59. The van der Waals surface area contributed by atoms with Crippen LogP contribution in [0.1, 0.15) is 35.5 Å². The van der Waals surface area contributed by atoms with Gasteiger partial charge in [0.25, 0.3) is 5.91 Å². The molecule has 1 aromatic heterocycles. The van der Waals surface area contributed by atoms with Crippen molar-refractivity contribution in [3.63, 3.8) is 0 Å². The summed E-state index contributed by atoms with van der Waals surface area (Å²) in [5.41, 5.74) is -1.57. The standard InChI is InChI=1S/C17H17ClF4N4O/c1-3-26(4-2)16-24-9-13(18)14(25-16)15(27)23-8-10-5-6-11(19)7-12(10)17(20,21)22/h5-7,9H,3-4,8H2,1-2H3,(H,23,27). The lowest BCUT2D eigenvalue weighted by molar-refractivity contribution is -0.138. The molecule has 1 amide bonds. The highest BCUT2D eigenvalue weighted by molar-refractivity contribution is 6.33. The van der Waals surface area contributed by atoms with Crippen LogP contribution >= 0.6 is 11.6 Å². The Labute approximate surface area is 158 Å². The van der Waals surface area contributed by atoms with Gasteiger partial charge in [-0.3, -0.25) is 4.79 Å². The molecule has 0 aliphatic heterocycles. The van der Waals surface area contributed by atoms with Gasteiger partial charge in [0.05, 0.1) is 16.8 Å². The van der Waals surface area contributed by atoms with Crippen molar-refractivity contribution in [3.8, 4) is 0 Å². The molecule has 0 radical (unpaired) electrons. The zero-order valence-corrected chi connectivity index (χ0v) is 15.3. The largest absolute Gasteiger partial charge is 0.416 e. The summed E-state index contributed by atoms with van der Waals surface area (Å²) < 4.78 is 52.3. The molecule has 0 atom stereocenters. The van der Waals surface area contributed by atoms with Gasteiger partial charge >= 0.3 is 6.18 Å². The van der Waals surface area contributed by atoms with Crippen LogP contribution in [0.4, 0.5) is 23.5 Å². The molecule has 0 saturated carbocycles. The van der Waals surface area contributed by atoms with E-state index in [-0.39, 0.29) is 22.2 Å². The first kappa shape index (κ1) is 20.9. The summed E-state index contributed by atoms with van der Waals surface area (Å²) in [6.07, 6.45) is -3.49. The molecular formula is C17H17ClF4N4O. The van der Waals surface area contributed by atoms with Crippen LogP contribution in [0.2, 0.25) is 5.02 Å². The molecule has 0 spiro atoms. The van der Waals surface area contributed by atoms with E-state index in [1.54, 1.807) is 4.90 Å². The van der Waals surface area contributed by atoms with Crippen LogP contribution in [-0.2, 0) is 12.7 Å². The quantitative estimate of drug-likeness (QED) is 0.737. The van der Waals surface area contributed by atoms with Crippen LogP contribution in [-0.4, -0.2) is 29.0 Å². The number of halogens is 5. The van der Waals surface area contributed by atoms with Crippen molar-refractivity contribution in [1.29, 1.82) is 0 Å². The first-order chi connectivity index (χ1) is 12.7. The number of nitrogens with one attached hydrogen (secondary N) is 1. The van der Waals surface area contributed by atoms with Crippen molar-refractivity contribution in [2.45, 2.75) is 26.6 Å². The topological polar surface area (TPSA) is 58.1 Å². The molecule has 27 heavy (non-hydrogen) atoms. The number of hydrogen-bond donors (Lipinski definition) is 1. The molecule has 0 saturated heterocycles. The van der Waals surface area contributed by atoms with E-state index in [0.717, 1.165) is 12.1 Å². The fourth-order valence-electron chi connectivity index (χ4n) is 2.40. The van der Waals surface area contributed by atoms with E-state index in [2.05, 4.69) is 15.3 Å². The molecule has 0 aliphatic rings. The van der Waals surface area contributed by atoms with Crippen molar-refractivity contribution in [2.75, 3.05) is 18.0 Å². The predicted octanol–water partition coefficient (Wildman–Crippen LogP) is 4.06. The van der Waals surface area contributed by atoms with Gasteiger partial charge in [-0.25, -0.2) is 14.4 Å². The smallest absolute Gasteiger partial charge is 0.347 e. The first-order valence-electron chi connectivity index (χ1n) is 8.08. The summed E-state index contributed by atoms with van der Waals surface area (Å²) in [5, 5.41) is 2.31. The van der Waals surface area contributed by atoms with Gasteiger partial charge in [-0.05, 0) is 31.5 Å². The summed E-state index contributed by atoms with van der Waals surface area (Å²) in [6.45, 7) is 4.51. The van der Waals surface area contributed by atoms with Crippen molar-refractivity contribution < 1.29 is 22.4 Å². The van der Waals surface area contributed by atoms with Crippen LogP contribution in [0.15, 0.2) is 24.4 Å². The Balaban J connectivity index is 2.23. The fraction of sp³-hybridized carbons (Fsp3) is 0.353. The number of carbonyl (C=O) groups is 1. The highest BCUT2D eigenvalue weighted by atomic mass is 35.5. The second kappa shape index (κ2) is 8.51. The average Bonchev–Trinajstić information content (AvgIpc) is 2.62. The Morgan fingerprint density at radius 1 is 1.26 bits per heavy atom. The molecule has 2 aromatic rings. The zero-order valence-electron chi connectivity index (χ0n) is 14.6. The van der Waals surface area contributed by atoms with Gasteiger partial charge in [0.1, 0.15) is 5.82 Å². The number of amides is 1. The molecule has 0 bridgehead atoms. The van der Waals surface area contributed by atoms with Crippen LogP contribution in [0.5, 0.6) is 0 Å². The summed E-state index contributed by atoms with van der Waals surface area (Å²) in [6, 6.07) is 2.26. The van der Waals surface area contributed by atoms with E-state index in [9.17, 15) is 22.4 Å². The number of benzene rings is 1. The van der Waals surface area contributed by atoms with E-state index >= 15 is 0 Å². The van der Waals surface area contributed by atoms with Crippen molar-refractivity contribution in [2.24, 2.45) is 0 Å². The monoisotopic (exact) mass is 404 g/mol. The normalized spacial score (nSPS) is 11.4. The van der Waals surface area contributed by atoms with Crippen molar-refractivity contribution in [3.05, 3.63) is 52.1 Å². The third kappa shape index (κ3) is 5.06. The highest BCUT2D eigenvalue weighted by Crippen LogP contribution is 2.32. The van der Waals surface area contributed by atoms with Crippen LogP contribution in [0, 0.1) is 5.82 Å². The highest BCUT2D eigenvalue weighted by Gasteiger charge is 2.33. The lowest BCUT2D eigenvalue weighted by Crippen LogP contribution is -2.28. The van der Waals surface area contributed by atoms with E-state index in [0.29, 0.717) is 19.2 Å². The second-order valence-electron chi connectivity index (χ2n) is 5.52. The lowest BCUT2D eigenvalue weighted by Gasteiger charge is -2.19. The molecule has 0 fully saturated rings. The third-order valence-corrected chi connectivity index (χ3v) is 4.09. The van der Waals surface area contributed by atoms with E-state index in [1.807, 2.05) is 13.8 Å². The first-order valence-corrected chi connectivity index (χ1v) is 8.46. The lowest BCUT2D eigenvalue weighted by atomic mass is 10.1. The van der Waals surface area contributed by atoms with E-state index < -0.39 is 30.0 Å². The number of carbonyl (C=O) groups excluding carboxylic acids is 1. The maximum absolute atomic E-state index is 13.2. The van der Waals surface area contributed by atoms with Crippen molar-refractivity contribution >= 4 is 23.5 Å². The molecule has 1 N–H and O–H groups in total. The Hall–Kier alpha value is -2.42. The minimum absolute atomic E-state index is 0.0291. The summed E-state index contributed by atoms with van der Waals surface area (Å²) in [7, 11) is 0. The minimum atomic E-state index is -4.75. The summed E-state index contributed by atoms with van der Waals surface area (Å²) in [5.74, 6) is -1.49. The number of alkyl halides is 3. The van der Waals surface area contributed by atoms with Gasteiger partial charge in [-0.1, -0.05) is 17.7 Å².